The molecule has 1 atom stereocenters. The highest BCUT2D eigenvalue weighted by atomic mass is 32.2. The van der Waals surface area contributed by atoms with Crippen LogP contribution in [0, 0.1) is 5.82 Å². The van der Waals surface area contributed by atoms with E-state index in [9.17, 15) is 22.4 Å². The Bertz CT molecular complexity index is 1320. The molecule has 0 radical (unpaired) electrons. The normalized spacial score (nSPS) is 12.0. The van der Waals surface area contributed by atoms with E-state index in [1.165, 1.54) is 28.6 Å². The Hall–Kier alpha value is -3.72. The number of unbranched alkanes of at least 4 members (excludes halogenated alkanes) is 1. The third kappa shape index (κ3) is 9.48. The molecule has 2 amide bonds. The number of sulfonamides is 1. The van der Waals surface area contributed by atoms with E-state index in [4.69, 9.17) is 0 Å². The first-order valence-electron chi connectivity index (χ1n) is 13.6. The number of amides is 2. The minimum Gasteiger partial charge on any atom is -0.354 e. The highest BCUT2D eigenvalue weighted by Gasteiger charge is 2.30. The van der Waals surface area contributed by atoms with E-state index in [1.54, 1.807) is 4.90 Å². The van der Waals surface area contributed by atoms with E-state index in [0.717, 1.165) is 30.2 Å². The second-order valence-corrected chi connectivity index (χ2v) is 11.7. The molecular weight excluding hydrogens is 529 g/mol. The number of anilines is 1. The third-order valence-corrected chi connectivity index (χ3v) is 7.76. The van der Waals surface area contributed by atoms with Gasteiger partial charge in [-0.15, -0.1) is 0 Å². The standard InChI is InChI=1S/C31H38FN3O4S/c1-3-4-21-33-31(37)29(23-25-12-7-5-8-13-25)34(24-26-14-9-6-10-15-26)30(36)16-11-22-35(40(2,38)39)28-19-17-27(32)18-20-28/h5-10,12-15,17-20,29H,3-4,11,16,21-24H2,1-2H3,(H,33,37)/t29-/m0/s1. The van der Waals surface area contributed by atoms with Crippen molar-refractivity contribution in [3.63, 3.8) is 0 Å². The van der Waals surface area contributed by atoms with Crippen molar-refractivity contribution in [1.29, 1.82) is 0 Å². The average molecular weight is 568 g/mol. The largest absolute Gasteiger partial charge is 0.354 e. The quantitative estimate of drug-likeness (QED) is 0.264. The van der Waals surface area contributed by atoms with Crippen LogP contribution in [0.15, 0.2) is 84.9 Å². The molecule has 0 unspecified atom stereocenters. The van der Waals surface area contributed by atoms with Crippen molar-refractivity contribution >= 4 is 27.5 Å². The van der Waals surface area contributed by atoms with Gasteiger partial charge in [0, 0.05) is 32.5 Å². The average Bonchev–Trinajstić information content (AvgIpc) is 2.94. The summed E-state index contributed by atoms with van der Waals surface area (Å²) in [6, 6.07) is 23.5. The van der Waals surface area contributed by atoms with Gasteiger partial charge in [-0.2, -0.15) is 0 Å². The predicted molar refractivity (Wildman–Crippen MR) is 157 cm³/mol. The van der Waals surface area contributed by atoms with Crippen LogP contribution in [0.2, 0.25) is 0 Å². The number of carbonyl (C=O) groups is 2. The van der Waals surface area contributed by atoms with Crippen molar-refractivity contribution in [1.82, 2.24) is 10.2 Å². The first-order valence-corrected chi connectivity index (χ1v) is 15.4. The van der Waals surface area contributed by atoms with Crippen LogP contribution in [-0.2, 0) is 32.6 Å². The number of nitrogens with one attached hydrogen (secondary N) is 1. The Morgan fingerprint density at radius 1 is 0.875 bits per heavy atom. The zero-order valence-electron chi connectivity index (χ0n) is 23.1. The van der Waals surface area contributed by atoms with Gasteiger partial charge in [-0.3, -0.25) is 13.9 Å². The van der Waals surface area contributed by atoms with Crippen LogP contribution in [0.5, 0.6) is 0 Å². The van der Waals surface area contributed by atoms with Gasteiger partial charge in [-0.25, -0.2) is 12.8 Å². The van der Waals surface area contributed by atoms with E-state index in [-0.39, 0.29) is 37.7 Å². The van der Waals surface area contributed by atoms with Gasteiger partial charge in [0.1, 0.15) is 11.9 Å². The van der Waals surface area contributed by atoms with E-state index in [2.05, 4.69) is 5.32 Å². The number of carbonyl (C=O) groups excluding carboxylic acids is 2. The molecule has 0 aromatic heterocycles. The minimum atomic E-state index is -3.66. The molecule has 9 heteroatoms. The third-order valence-electron chi connectivity index (χ3n) is 6.56. The van der Waals surface area contributed by atoms with Gasteiger partial charge in [-0.1, -0.05) is 74.0 Å². The van der Waals surface area contributed by atoms with Gasteiger partial charge in [0.2, 0.25) is 21.8 Å². The molecule has 0 bridgehead atoms. The smallest absolute Gasteiger partial charge is 0.243 e. The van der Waals surface area contributed by atoms with E-state index in [1.807, 2.05) is 67.6 Å². The van der Waals surface area contributed by atoms with Crippen molar-refractivity contribution in [3.05, 3.63) is 102 Å². The van der Waals surface area contributed by atoms with Crippen molar-refractivity contribution in [3.8, 4) is 0 Å². The SMILES string of the molecule is CCCCNC(=O)[C@H](Cc1ccccc1)N(Cc1ccccc1)C(=O)CCCN(c1ccc(F)cc1)S(C)(=O)=O. The van der Waals surface area contributed by atoms with Crippen LogP contribution in [-0.4, -0.2) is 50.5 Å². The Kier molecular flexibility index (Phi) is 11.7. The second-order valence-electron chi connectivity index (χ2n) is 9.77. The highest BCUT2D eigenvalue weighted by Crippen LogP contribution is 2.20. The van der Waals surface area contributed by atoms with Crippen LogP contribution in [0.1, 0.15) is 43.7 Å². The molecule has 3 rings (SSSR count). The first-order chi connectivity index (χ1) is 19.2. The summed E-state index contributed by atoms with van der Waals surface area (Å²) in [6.07, 6.45) is 3.46. The lowest BCUT2D eigenvalue weighted by atomic mass is 10.0. The Morgan fingerprint density at radius 2 is 1.48 bits per heavy atom. The van der Waals surface area contributed by atoms with Gasteiger partial charge in [-0.05, 0) is 48.2 Å². The van der Waals surface area contributed by atoms with Crippen LogP contribution in [0.3, 0.4) is 0 Å². The molecule has 0 saturated heterocycles. The molecule has 0 heterocycles. The van der Waals surface area contributed by atoms with E-state index in [0.29, 0.717) is 18.7 Å². The lowest BCUT2D eigenvalue weighted by Crippen LogP contribution is -2.50. The molecule has 0 aliphatic heterocycles. The Balaban J connectivity index is 1.84. The van der Waals surface area contributed by atoms with Gasteiger partial charge in [0.05, 0.1) is 11.9 Å². The van der Waals surface area contributed by atoms with Crippen LogP contribution >= 0.6 is 0 Å². The maximum Gasteiger partial charge on any atom is 0.243 e. The predicted octanol–water partition coefficient (Wildman–Crippen LogP) is 4.93. The van der Waals surface area contributed by atoms with Gasteiger partial charge >= 0.3 is 0 Å². The molecule has 0 fully saturated rings. The summed E-state index contributed by atoms with van der Waals surface area (Å²) in [4.78, 5) is 28.8. The zero-order chi connectivity index (χ0) is 29.0. The van der Waals surface area contributed by atoms with Crippen LogP contribution in [0.4, 0.5) is 10.1 Å². The van der Waals surface area contributed by atoms with Gasteiger partial charge in [0.25, 0.3) is 0 Å². The first kappa shape index (κ1) is 30.8. The summed E-state index contributed by atoms with van der Waals surface area (Å²) in [5.41, 5.74) is 2.15. The second kappa shape index (κ2) is 15.2. The van der Waals surface area contributed by atoms with Crippen molar-refractivity contribution in [2.75, 3.05) is 23.7 Å². The molecule has 40 heavy (non-hydrogen) atoms. The zero-order valence-corrected chi connectivity index (χ0v) is 23.9. The lowest BCUT2D eigenvalue weighted by molar-refractivity contribution is -0.141. The van der Waals surface area contributed by atoms with Crippen molar-refractivity contribution in [2.45, 2.75) is 51.6 Å². The summed E-state index contributed by atoms with van der Waals surface area (Å²) < 4.78 is 39.5. The van der Waals surface area contributed by atoms with Gasteiger partial charge in [0.15, 0.2) is 0 Å². The van der Waals surface area contributed by atoms with Crippen LogP contribution in [0.25, 0.3) is 0 Å². The van der Waals surface area contributed by atoms with Crippen LogP contribution < -0.4 is 9.62 Å². The molecule has 0 aliphatic rings. The summed E-state index contributed by atoms with van der Waals surface area (Å²) in [7, 11) is -3.66. The molecule has 0 saturated carbocycles. The Morgan fingerprint density at radius 3 is 2.05 bits per heavy atom. The highest BCUT2D eigenvalue weighted by molar-refractivity contribution is 7.92. The summed E-state index contributed by atoms with van der Waals surface area (Å²) in [5, 5.41) is 2.99. The van der Waals surface area contributed by atoms with Crippen molar-refractivity contribution < 1.29 is 22.4 Å². The maximum absolute atomic E-state index is 13.8. The molecule has 3 aromatic carbocycles. The number of nitrogens with zero attached hydrogens (tertiary/aromatic N) is 2. The molecule has 0 aliphatic carbocycles. The number of hydrogen-bond acceptors (Lipinski definition) is 4. The molecule has 214 valence electrons. The number of benzene rings is 3. The fraction of sp³-hybridized carbons (Fsp3) is 0.355. The lowest BCUT2D eigenvalue weighted by Gasteiger charge is -2.32. The summed E-state index contributed by atoms with van der Waals surface area (Å²) in [6.45, 7) is 2.85. The fourth-order valence-corrected chi connectivity index (χ4v) is 5.42. The van der Waals surface area contributed by atoms with Gasteiger partial charge < -0.3 is 10.2 Å². The number of rotatable bonds is 15. The molecule has 7 nitrogen and oxygen atoms in total. The molecule has 3 aromatic rings. The van der Waals surface area contributed by atoms with Crippen molar-refractivity contribution in [2.24, 2.45) is 0 Å². The monoisotopic (exact) mass is 567 g/mol. The maximum atomic E-state index is 13.8. The summed E-state index contributed by atoms with van der Waals surface area (Å²) >= 11 is 0. The topological polar surface area (TPSA) is 86.8 Å². The molecule has 1 N–H and O–H groups in total. The summed E-state index contributed by atoms with van der Waals surface area (Å²) in [5.74, 6) is -0.931. The fourth-order valence-electron chi connectivity index (χ4n) is 4.45. The van der Waals surface area contributed by atoms with E-state index < -0.39 is 21.9 Å². The molecule has 0 spiro atoms. The number of halogens is 1. The number of hydrogen-bond donors (Lipinski definition) is 1. The molecular formula is C31H38FN3O4S. The minimum absolute atomic E-state index is 0.0353. The Labute approximate surface area is 237 Å². The van der Waals surface area contributed by atoms with E-state index >= 15 is 0 Å².